The molecular formula is C25H28N2O4. The number of ether oxygens (including phenoxy) is 2. The number of amides is 1. The predicted octanol–water partition coefficient (Wildman–Crippen LogP) is 4.31. The molecule has 3 aromatic rings. The Morgan fingerprint density at radius 2 is 1.90 bits per heavy atom. The highest BCUT2D eigenvalue weighted by Gasteiger charge is 2.41. The molecule has 0 bridgehead atoms. The molecule has 0 aliphatic carbocycles. The maximum Gasteiger partial charge on any atom is 0.227 e. The highest BCUT2D eigenvalue weighted by atomic mass is 16.5. The molecule has 0 saturated carbocycles. The molecule has 0 radical (unpaired) electrons. The summed E-state index contributed by atoms with van der Waals surface area (Å²) in [5.41, 5.74) is 3.44. The first-order chi connectivity index (χ1) is 15.1. The summed E-state index contributed by atoms with van der Waals surface area (Å²) in [7, 11) is 1.64. The fourth-order valence-electron chi connectivity index (χ4n) is 4.03. The smallest absolute Gasteiger partial charge is 0.227 e. The van der Waals surface area contributed by atoms with E-state index in [2.05, 4.69) is 29.5 Å². The van der Waals surface area contributed by atoms with Crippen molar-refractivity contribution in [1.29, 1.82) is 0 Å². The molecule has 1 amide bonds. The van der Waals surface area contributed by atoms with E-state index in [4.69, 9.17) is 14.0 Å². The molecule has 6 nitrogen and oxygen atoms in total. The maximum atomic E-state index is 13.3. The largest absolute Gasteiger partial charge is 0.497 e. The molecule has 2 heterocycles. The van der Waals surface area contributed by atoms with Crippen LogP contribution in [0, 0.1) is 12.3 Å². The van der Waals surface area contributed by atoms with Crippen LogP contribution in [0.4, 0.5) is 0 Å². The zero-order valence-corrected chi connectivity index (χ0v) is 18.0. The lowest BCUT2D eigenvalue weighted by Crippen LogP contribution is -2.45. The molecule has 4 rings (SSSR count). The zero-order valence-electron chi connectivity index (χ0n) is 18.0. The summed E-state index contributed by atoms with van der Waals surface area (Å²) in [6.45, 7) is 3.65. The maximum absolute atomic E-state index is 13.3. The van der Waals surface area contributed by atoms with Crippen molar-refractivity contribution in [2.24, 2.45) is 5.41 Å². The molecule has 1 N–H and O–H groups in total. The van der Waals surface area contributed by atoms with E-state index in [1.54, 1.807) is 7.11 Å². The number of carbonyl (C=O) groups excluding carboxylic acids is 1. The van der Waals surface area contributed by atoms with Crippen molar-refractivity contribution in [3.8, 4) is 17.0 Å². The average molecular weight is 421 g/mol. The van der Waals surface area contributed by atoms with Crippen LogP contribution < -0.4 is 10.1 Å². The molecule has 1 aliphatic rings. The van der Waals surface area contributed by atoms with Crippen LogP contribution in [-0.2, 0) is 22.5 Å². The van der Waals surface area contributed by atoms with Crippen LogP contribution in [0.25, 0.3) is 11.3 Å². The first-order valence-electron chi connectivity index (χ1n) is 10.6. The number of methoxy groups -OCH3 is 1. The van der Waals surface area contributed by atoms with Crippen LogP contribution in [0.1, 0.15) is 29.7 Å². The van der Waals surface area contributed by atoms with Gasteiger partial charge in [0.05, 0.1) is 12.5 Å². The van der Waals surface area contributed by atoms with Crippen LogP contribution in [0.5, 0.6) is 5.75 Å². The molecule has 0 spiro atoms. The molecule has 162 valence electrons. The standard InChI is InChI=1S/C25H28N2O4/c1-18-4-3-5-20(14-18)23-15-22(31-27-23)16-25(10-12-30-13-11-25)24(28)26-17-19-6-8-21(29-2)9-7-19/h3-9,14-15H,10-13,16-17H2,1-2H3,(H,26,28). The van der Waals surface area contributed by atoms with E-state index >= 15 is 0 Å². The fraction of sp³-hybridized carbons (Fsp3) is 0.360. The van der Waals surface area contributed by atoms with Crippen molar-refractivity contribution in [1.82, 2.24) is 10.5 Å². The van der Waals surface area contributed by atoms with Gasteiger partial charge in [-0.1, -0.05) is 41.1 Å². The van der Waals surface area contributed by atoms with E-state index < -0.39 is 5.41 Å². The number of hydrogen-bond donors (Lipinski definition) is 1. The van der Waals surface area contributed by atoms with Gasteiger partial charge in [0.25, 0.3) is 0 Å². The van der Waals surface area contributed by atoms with Crippen molar-refractivity contribution in [2.45, 2.75) is 32.7 Å². The molecule has 6 heteroatoms. The van der Waals surface area contributed by atoms with Crippen molar-refractivity contribution >= 4 is 5.91 Å². The first kappa shape index (κ1) is 21.1. The molecule has 31 heavy (non-hydrogen) atoms. The summed E-state index contributed by atoms with van der Waals surface area (Å²) in [5, 5.41) is 7.36. The Kier molecular flexibility index (Phi) is 6.37. The predicted molar refractivity (Wildman–Crippen MR) is 118 cm³/mol. The van der Waals surface area contributed by atoms with Crippen molar-refractivity contribution in [2.75, 3.05) is 20.3 Å². The van der Waals surface area contributed by atoms with E-state index in [1.165, 1.54) is 5.56 Å². The number of aryl methyl sites for hydroxylation is 1. The summed E-state index contributed by atoms with van der Waals surface area (Å²) < 4.78 is 16.4. The summed E-state index contributed by atoms with van der Waals surface area (Å²) in [4.78, 5) is 13.3. The third-order valence-electron chi connectivity index (χ3n) is 5.93. The van der Waals surface area contributed by atoms with Gasteiger partial charge in [0.1, 0.15) is 17.2 Å². The van der Waals surface area contributed by atoms with Crippen LogP contribution in [0.2, 0.25) is 0 Å². The van der Waals surface area contributed by atoms with Gasteiger partial charge >= 0.3 is 0 Å². The Balaban J connectivity index is 1.47. The number of benzene rings is 2. The SMILES string of the molecule is COc1ccc(CNC(=O)C2(Cc3cc(-c4cccc(C)c4)no3)CCOCC2)cc1. The second kappa shape index (κ2) is 9.35. The summed E-state index contributed by atoms with van der Waals surface area (Å²) in [5.74, 6) is 1.55. The molecule has 0 unspecified atom stereocenters. The number of carbonyl (C=O) groups is 1. The second-order valence-corrected chi connectivity index (χ2v) is 8.15. The first-order valence-corrected chi connectivity index (χ1v) is 10.6. The summed E-state index contributed by atoms with van der Waals surface area (Å²) in [6, 6.07) is 17.8. The number of nitrogens with one attached hydrogen (secondary N) is 1. The van der Waals surface area contributed by atoms with Gasteiger partial charge in [-0.15, -0.1) is 0 Å². The van der Waals surface area contributed by atoms with Gasteiger partial charge in [0.2, 0.25) is 5.91 Å². The molecule has 1 fully saturated rings. The lowest BCUT2D eigenvalue weighted by atomic mass is 9.75. The van der Waals surface area contributed by atoms with Crippen LogP contribution in [0.3, 0.4) is 0 Å². The minimum absolute atomic E-state index is 0.0279. The summed E-state index contributed by atoms with van der Waals surface area (Å²) >= 11 is 0. The molecule has 0 atom stereocenters. The van der Waals surface area contributed by atoms with Crippen molar-refractivity contribution in [3.63, 3.8) is 0 Å². The average Bonchev–Trinajstić information content (AvgIpc) is 3.26. The van der Waals surface area contributed by atoms with Crippen LogP contribution in [0.15, 0.2) is 59.1 Å². The van der Waals surface area contributed by atoms with E-state index in [0.717, 1.165) is 28.3 Å². The Hall–Kier alpha value is -3.12. The number of aromatic nitrogens is 1. The topological polar surface area (TPSA) is 73.6 Å². The minimum atomic E-state index is -0.561. The van der Waals surface area contributed by atoms with Gasteiger partial charge in [0, 0.05) is 37.8 Å². The Bertz CT molecular complexity index is 1020. The number of nitrogens with zero attached hydrogens (tertiary/aromatic N) is 1. The monoisotopic (exact) mass is 420 g/mol. The third kappa shape index (κ3) is 4.97. The lowest BCUT2D eigenvalue weighted by Gasteiger charge is -2.35. The van der Waals surface area contributed by atoms with Crippen molar-refractivity contribution in [3.05, 3.63) is 71.5 Å². The summed E-state index contributed by atoms with van der Waals surface area (Å²) in [6.07, 6.45) is 1.81. The number of hydrogen-bond acceptors (Lipinski definition) is 5. The van der Waals surface area contributed by atoms with Gasteiger partial charge in [-0.3, -0.25) is 4.79 Å². The lowest BCUT2D eigenvalue weighted by molar-refractivity contribution is -0.137. The fourth-order valence-corrected chi connectivity index (χ4v) is 4.03. The molecular weight excluding hydrogens is 392 g/mol. The van der Waals surface area contributed by atoms with Crippen LogP contribution >= 0.6 is 0 Å². The van der Waals surface area contributed by atoms with Gasteiger partial charge < -0.3 is 19.3 Å². The van der Waals surface area contributed by atoms with Gasteiger partial charge in [-0.2, -0.15) is 0 Å². The molecule has 1 saturated heterocycles. The third-order valence-corrected chi connectivity index (χ3v) is 5.93. The second-order valence-electron chi connectivity index (χ2n) is 8.15. The van der Waals surface area contributed by atoms with E-state index in [0.29, 0.717) is 39.0 Å². The molecule has 1 aromatic heterocycles. The van der Waals surface area contributed by atoms with E-state index in [1.807, 2.05) is 42.5 Å². The minimum Gasteiger partial charge on any atom is -0.497 e. The molecule has 1 aliphatic heterocycles. The number of rotatable bonds is 7. The quantitative estimate of drug-likeness (QED) is 0.616. The molecule has 2 aromatic carbocycles. The van der Waals surface area contributed by atoms with Gasteiger partial charge in [-0.05, 0) is 43.5 Å². The van der Waals surface area contributed by atoms with Crippen molar-refractivity contribution < 1.29 is 18.8 Å². The van der Waals surface area contributed by atoms with Gasteiger partial charge in [0.15, 0.2) is 0 Å². The highest BCUT2D eigenvalue weighted by molar-refractivity contribution is 5.83. The Morgan fingerprint density at radius 1 is 1.13 bits per heavy atom. The van der Waals surface area contributed by atoms with Crippen LogP contribution in [-0.4, -0.2) is 31.4 Å². The van der Waals surface area contributed by atoms with E-state index in [-0.39, 0.29) is 5.91 Å². The highest BCUT2D eigenvalue weighted by Crippen LogP contribution is 2.36. The van der Waals surface area contributed by atoms with Gasteiger partial charge in [-0.25, -0.2) is 0 Å². The zero-order chi connectivity index (χ0) is 21.7. The van der Waals surface area contributed by atoms with E-state index in [9.17, 15) is 4.79 Å². The Morgan fingerprint density at radius 3 is 2.61 bits per heavy atom. The Labute approximate surface area is 182 Å². The normalized spacial score (nSPS) is 15.4.